The van der Waals surface area contributed by atoms with E-state index in [-0.39, 0.29) is 11.7 Å². The normalized spacial score (nSPS) is 18.9. The molecule has 0 spiro atoms. The van der Waals surface area contributed by atoms with Crippen molar-refractivity contribution in [1.82, 2.24) is 14.5 Å². The molecule has 24 heavy (non-hydrogen) atoms. The van der Waals surface area contributed by atoms with Crippen LogP contribution >= 0.6 is 0 Å². The Hall–Kier alpha value is -2.55. The second kappa shape index (κ2) is 5.52. The van der Waals surface area contributed by atoms with Crippen molar-refractivity contribution in [2.75, 3.05) is 44.3 Å². The van der Waals surface area contributed by atoms with Crippen LogP contribution in [0.1, 0.15) is 6.04 Å². The zero-order valence-corrected chi connectivity index (χ0v) is 12.9. The van der Waals surface area contributed by atoms with Crippen LogP contribution in [0.4, 0.5) is 14.9 Å². The number of halogens is 1. The average molecular weight is 336 g/mol. The number of rotatable bonds is 2. The lowest BCUT2D eigenvalue weighted by Gasteiger charge is -2.35. The fourth-order valence-electron chi connectivity index (χ4n) is 3.25. The summed E-state index contributed by atoms with van der Waals surface area (Å²) in [5.74, 6) is -0.426. The molecule has 128 valence electrons. The minimum atomic E-state index is -0.963. The first-order valence-corrected chi connectivity index (χ1v) is 7.79. The van der Waals surface area contributed by atoms with E-state index in [9.17, 15) is 14.0 Å². The Morgan fingerprint density at radius 1 is 1.25 bits per heavy atom. The molecule has 0 bridgehead atoms. The molecule has 0 radical (unpaired) electrons. The standard InChI is InChI=1S/C15H17FN4O4/c16-10-5-11-13(20(14(21)17-11)9-7-24-8-9)6-12(10)18-1-3-19(4-2-18)15(22)23/h5-6,9H,1-4,7-8H2,(H,17,21)(H,22,23). The zero-order chi connectivity index (χ0) is 16.8. The molecule has 2 aliphatic rings. The number of piperazine rings is 1. The maximum absolute atomic E-state index is 14.5. The first-order valence-electron chi connectivity index (χ1n) is 7.79. The first-order chi connectivity index (χ1) is 11.5. The van der Waals surface area contributed by atoms with E-state index < -0.39 is 11.9 Å². The van der Waals surface area contributed by atoms with Crippen LogP contribution in [0.3, 0.4) is 0 Å². The number of nitrogens with one attached hydrogen (secondary N) is 1. The molecule has 4 rings (SSSR count). The van der Waals surface area contributed by atoms with Gasteiger partial charge in [0.25, 0.3) is 0 Å². The molecule has 0 unspecified atom stereocenters. The van der Waals surface area contributed by atoms with Crippen LogP contribution in [0.2, 0.25) is 0 Å². The van der Waals surface area contributed by atoms with Crippen LogP contribution in [0.25, 0.3) is 11.0 Å². The molecule has 2 aromatic rings. The Morgan fingerprint density at radius 2 is 1.96 bits per heavy atom. The third kappa shape index (κ3) is 2.32. The molecule has 2 aliphatic heterocycles. The van der Waals surface area contributed by atoms with E-state index in [1.165, 1.54) is 11.0 Å². The summed E-state index contributed by atoms with van der Waals surface area (Å²) in [6, 6.07) is 2.96. The Kier molecular flexibility index (Phi) is 3.45. The number of aromatic nitrogens is 2. The smallest absolute Gasteiger partial charge is 0.407 e. The lowest BCUT2D eigenvalue weighted by Crippen LogP contribution is -2.48. The van der Waals surface area contributed by atoms with Gasteiger partial charge in [-0.15, -0.1) is 0 Å². The largest absolute Gasteiger partial charge is 0.465 e. The number of nitrogens with zero attached hydrogens (tertiary/aromatic N) is 3. The Morgan fingerprint density at radius 3 is 2.54 bits per heavy atom. The summed E-state index contributed by atoms with van der Waals surface area (Å²) in [6.45, 7) is 2.41. The van der Waals surface area contributed by atoms with Crippen molar-refractivity contribution in [1.29, 1.82) is 0 Å². The van der Waals surface area contributed by atoms with Crippen LogP contribution in [0, 0.1) is 5.82 Å². The van der Waals surface area contributed by atoms with Crippen LogP contribution in [-0.4, -0.2) is 65.0 Å². The molecular formula is C15H17FN4O4. The minimum Gasteiger partial charge on any atom is -0.465 e. The summed E-state index contributed by atoms with van der Waals surface area (Å²) in [7, 11) is 0. The van der Waals surface area contributed by atoms with Crippen molar-refractivity contribution in [2.24, 2.45) is 0 Å². The predicted octanol–water partition coefficient (Wildman–Crippen LogP) is 0.840. The lowest BCUT2D eigenvalue weighted by atomic mass is 10.2. The zero-order valence-electron chi connectivity index (χ0n) is 12.9. The number of anilines is 1. The molecule has 2 fully saturated rings. The molecule has 0 saturated carbocycles. The molecule has 1 aromatic carbocycles. The second-order valence-corrected chi connectivity index (χ2v) is 6.07. The number of hydrogen-bond donors (Lipinski definition) is 2. The summed E-state index contributed by atoms with van der Waals surface area (Å²) in [6.07, 6.45) is -0.963. The number of fused-ring (bicyclic) bond motifs is 1. The summed E-state index contributed by atoms with van der Waals surface area (Å²) >= 11 is 0. The number of amides is 1. The van der Waals surface area contributed by atoms with Crippen molar-refractivity contribution in [3.8, 4) is 0 Å². The molecule has 2 saturated heterocycles. The van der Waals surface area contributed by atoms with Crippen LogP contribution in [-0.2, 0) is 4.74 Å². The summed E-state index contributed by atoms with van der Waals surface area (Å²) < 4.78 is 21.2. The molecule has 1 amide bonds. The number of hydrogen-bond acceptors (Lipinski definition) is 4. The predicted molar refractivity (Wildman–Crippen MR) is 84.2 cm³/mol. The molecule has 3 heterocycles. The molecule has 1 aromatic heterocycles. The summed E-state index contributed by atoms with van der Waals surface area (Å²) in [5.41, 5.74) is 1.22. The lowest BCUT2D eigenvalue weighted by molar-refractivity contribution is -0.0228. The van der Waals surface area contributed by atoms with Crippen molar-refractivity contribution in [3.05, 3.63) is 28.4 Å². The van der Waals surface area contributed by atoms with Crippen molar-refractivity contribution >= 4 is 22.8 Å². The number of aromatic amines is 1. The van der Waals surface area contributed by atoms with Crippen LogP contribution in [0.15, 0.2) is 16.9 Å². The van der Waals surface area contributed by atoms with Gasteiger partial charge in [-0.3, -0.25) is 4.57 Å². The van der Waals surface area contributed by atoms with Crippen molar-refractivity contribution in [3.63, 3.8) is 0 Å². The maximum atomic E-state index is 14.5. The maximum Gasteiger partial charge on any atom is 0.407 e. The number of imidazole rings is 1. The number of carboxylic acid groups (broad SMARTS) is 1. The highest BCUT2D eigenvalue weighted by Gasteiger charge is 2.27. The van der Waals surface area contributed by atoms with Gasteiger partial charge in [-0.05, 0) is 6.07 Å². The van der Waals surface area contributed by atoms with Gasteiger partial charge < -0.3 is 24.6 Å². The van der Waals surface area contributed by atoms with E-state index in [2.05, 4.69) is 4.98 Å². The van der Waals surface area contributed by atoms with Gasteiger partial charge in [-0.25, -0.2) is 14.0 Å². The second-order valence-electron chi connectivity index (χ2n) is 6.07. The summed E-state index contributed by atoms with van der Waals surface area (Å²) in [5, 5.41) is 9.00. The van der Waals surface area contributed by atoms with Gasteiger partial charge in [0.15, 0.2) is 0 Å². The highest BCUT2D eigenvalue weighted by Crippen LogP contribution is 2.28. The van der Waals surface area contributed by atoms with E-state index in [1.807, 2.05) is 4.90 Å². The van der Waals surface area contributed by atoms with Gasteiger partial charge in [0, 0.05) is 32.2 Å². The van der Waals surface area contributed by atoms with Gasteiger partial charge in [-0.2, -0.15) is 0 Å². The fraction of sp³-hybridized carbons (Fsp3) is 0.467. The Labute approximate surface area is 136 Å². The monoisotopic (exact) mass is 336 g/mol. The number of carbonyl (C=O) groups is 1. The van der Waals surface area contributed by atoms with Gasteiger partial charge >= 0.3 is 11.8 Å². The molecule has 8 nitrogen and oxygen atoms in total. The van der Waals surface area contributed by atoms with Gasteiger partial charge in [0.2, 0.25) is 0 Å². The van der Waals surface area contributed by atoms with E-state index in [0.717, 1.165) is 0 Å². The fourth-order valence-corrected chi connectivity index (χ4v) is 3.25. The van der Waals surface area contributed by atoms with Crippen molar-refractivity contribution in [2.45, 2.75) is 6.04 Å². The molecule has 0 aliphatic carbocycles. The van der Waals surface area contributed by atoms with Gasteiger partial charge in [-0.1, -0.05) is 0 Å². The SMILES string of the molecule is O=C(O)N1CCN(c2cc3c(cc2F)[nH]c(=O)n3C2COC2)CC1. The number of benzene rings is 1. The first kappa shape index (κ1) is 15.0. The quantitative estimate of drug-likeness (QED) is 0.848. The van der Waals surface area contributed by atoms with Gasteiger partial charge in [0.05, 0.1) is 36.0 Å². The highest BCUT2D eigenvalue weighted by atomic mass is 19.1. The topological polar surface area (TPSA) is 90.8 Å². The van der Waals surface area contributed by atoms with Crippen LogP contribution < -0.4 is 10.6 Å². The average Bonchev–Trinajstić information content (AvgIpc) is 2.80. The summed E-state index contributed by atoms with van der Waals surface area (Å²) in [4.78, 5) is 28.9. The third-order valence-corrected chi connectivity index (χ3v) is 4.66. The Bertz CT molecular complexity index is 849. The number of ether oxygens (including phenoxy) is 1. The molecule has 0 atom stereocenters. The van der Waals surface area contributed by atoms with Gasteiger partial charge in [0.1, 0.15) is 5.82 Å². The van der Waals surface area contributed by atoms with E-state index in [1.54, 1.807) is 10.6 Å². The minimum absolute atomic E-state index is 0.0339. The molecule has 2 N–H and O–H groups in total. The van der Waals surface area contributed by atoms with Crippen molar-refractivity contribution < 1.29 is 19.0 Å². The molecule has 9 heteroatoms. The molecular weight excluding hydrogens is 319 g/mol. The van der Waals surface area contributed by atoms with Crippen LogP contribution in [0.5, 0.6) is 0 Å². The Balaban J connectivity index is 1.69. The highest BCUT2D eigenvalue weighted by molar-refractivity contribution is 5.80. The van der Waals surface area contributed by atoms with E-state index in [0.29, 0.717) is 56.1 Å². The number of H-pyrrole nitrogens is 1. The third-order valence-electron chi connectivity index (χ3n) is 4.66. The van der Waals surface area contributed by atoms with E-state index in [4.69, 9.17) is 9.84 Å². The van der Waals surface area contributed by atoms with E-state index >= 15 is 0 Å².